The van der Waals surface area contributed by atoms with Gasteiger partial charge in [0, 0.05) is 20.7 Å². The summed E-state index contributed by atoms with van der Waals surface area (Å²) in [6, 6.07) is 8.14. The molecule has 2 aromatic rings. The maximum atomic E-state index is 12.0. The number of nitrogens with zero attached hydrogens (tertiary/aromatic N) is 1. The van der Waals surface area contributed by atoms with E-state index < -0.39 is 0 Å². The molecule has 0 unspecified atom stereocenters. The van der Waals surface area contributed by atoms with Crippen LogP contribution in [0.2, 0.25) is 10.0 Å². The molecule has 1 heterocycles. The number of carbonyl (C=O) groups is 1. The van der Waals surface area contributed by atoms with Gasteiger partial charge in [-0.2, -0.15) is 0 Å². The first kappa shape index (κ1) is 13.3. The van der Waals surface area contributed by atoms with Gasteiger partial charge >= 0.3 is 0 Å². The second-order valence-corrected chi connectivity index (χ2v) is 5.16. The number of hydrogen-bond donors (Lipinski definition) is 1. The Hall–Kier alpha value is -1.10. The van der Waals surface area contributed by atoms with Crippen molar-refractivity contribution in [3.63, 3.8) is 0 Å². The molecular formula is C12H7BrCl2N2O. The normalized spacial score (nSPS) is 10.2. The minimum absolute atomic E-state index is 0.284. The average Bonchev–Trinajstić information content (AvgIpc) is 2.28. The summed E-state index contributed by atoms with van der Waals surface area (Å²) in [6.45, 7) is 0. The minimum atomic E-state index is -0.284. The first-order valence-electron chi connectivity index (χ1n) is 4.94. The van der Waals surface area contributed by atoms with Crippen LogP contribution in [0, 0.1) is 0 Å². The summed E-state index contributed by atoms with van der Waals surface area (Å²) in [5.41, 5.74) is 0.473. The SMILES string of the molecule is O=C(Nc1cc(Cl)ccn1)c1ccc(Cl)cc1Br. The van der Waals surface area contributed by atoms with E-state index in [1.807, 2.05) is 0 Å². The Bertz CT molecular complexity index is 604. The maximum Gasteiger partial charge on any atom is 0.257 e. The van der Waals surface area contributed by atoms with Crippen LogP contribution in [-0.4, -0.2) is 10.9 Å². The predicted octanol–water partition coefficient (Wildman–Crippen LogP) is 4.40. The number of aromatic nitrogens is 1. The second-order valence-electron chi connectivity index (χ2n) is 3.44. The lowest BCUT2D eigenvalue weighted by atomic mass is 10.2. The van der Waals surface area contributed by atoms with Crippen LogP contribution in [0.5, 0.6) is 0 Å². The minimum Gasteiger partial charge on any atom is -0.306 e. The van der Waals surface area contributed by atoms with Gasteiger partial charge in [0.25, 0.3) is 5.91 Å². The lowest BCUT2D eigenvalue weighted by Crippen LogP contribution is -2.13. The van der Waals surface area contributed by atoms with Crippen molar-refractivity contribution in [2.75, 3.05) is 5.32 Å². The quantitative estimate of drug-likeness (QED) is 0.876. The Balaban J connectivity index is 2.22. The predicted molar refractivity (Wildman–Crippen MR) is 76.4 cm³/mol. The molecule has 3 nitrogen and oxygen atoms in total. The van der Waals surface area contributed by atoms with Crippen LogP contribution in [0.3, 0.4) is 0 Å². The highest BCUT2D eigenvalue weighted by molar-refractivity contribution is 9.10. The molecule has 1 aromatic heterocycles. The van der Waals surface area contributed by atoms with E-state index in [0.29, 0.717) is 25.9 Å². The van der Waals surface area contributed by atoms with E-state index in [1.54, 1.807) is 30.3 Å². The van der Waals surface area contributed by atoms with Crippen molar-refractivity contribution in [2.24, 2.45) is 0 Å². The molecular weight excluding hydrogens is 339 g/mol. The zero-order valence-corrected chi connectivity index (χ0v) is 12.1. The molecule has 0 radical (unpaired) electrons. The number of anilines is 1. The number of pyridine rings is 1. The van der Waals surface area contributed by atoms with E-state index in [1.165, 1.54) is 6.20 Å². The molecule has 0 aliphatic carbocycles. The summed E-state index contributed by atoms with van der Waals surface area (Å²) in [5.74, 6) is 0.114. The van der Waals surface area contributed by atoms with E-state index in [-0.39, 0.29) is 5.91 Å². The van der Waals surface area contributed by atoms with Gasteiger partial charge < -0.3 is 5.32 Å². The molecule has 0 saturated heterocycles. The van der Waals surface area contributed by atoms with Crippen LogP contribution in [-0.2, 0) is 0 Å². The standard InChI is InChI=1S/C12H7BrCl2N2O/c13-10-5-7(14)1-2-9(10)12(18)17-11-6-8(15)3-4-16-11/h1-6H,(H,16,17,18). The Labute approximate surface area is 122 Å². The highest BCUT2D eigenvalue weighted by Gasteiger charge is 2.11. The molecule has 0 spiro atoms. The van der Waals surface area contributed by atoms with E-state index >= 15 is 0 Å². The number of rotatable bonds is 2. The Kier molecular flexibility index (Phi) is 4.22. The Morgan fingerprint density at radius 2 is 1.89 bits per heavy atom. The smallest absolute Gasteiger partial charge is 0.257 e. The van der Waals surface area contributed by atoms with Crippen molar-refractivity contribution in [1.82, 2.24) is 4.98 Å². The fourth-order valence-electron chi connectivity index (χ4n) is 1.33. The summed E-state index contributed by atoms with van der Waals surface area (Å²) in [7, 11) is 0. The van der Waals surface area contributed by atoms with Gasteiger partial charge in [0.1, 0.15) is 5.82 Å². The van der Waals surface area contributed by atoms with Crippen LogP contribution in [0.25, 0.3) is 0 Å². The molecule has 0 aliphatic heterocycles. The monoisotopic (exact) mass is 344 g/mol. The van der Waals surface area contributed by atoms with E-state index in [0.717, 1.165) is 0 Å². The second kappa shape index (κ2) is 5.69. The molecule has 1 N–H and O–H groups in total. The maximum absolute atomic E-state index is 12.0. The third-order valence-electron chi connectivity index (χ3n) is 2.14. The van der Waals surface area contributed by atoms with Crippen molar-refractivity contribution < 1.29 is 4.79 Å². The third kappa shape index (κ3) is 3.22. The van der Waals surface area contributed by atoms with Gasteiger partial charge in [0.15, 0.2) is 0 Å². The van der Waals surface area contributed by atoms with Crippen LogP contribution >= 0.6 is 39.1 Å². The Morgan fingerprint density at radius 1 is 1.17 bits per heavy atom. The summed E-state index contributed by atoms with van der Waals surface area (Å²) < 4.78 is 0.620. The van der Waals surface area contributed by atoms with E-state index in [2.05, 4.69) is 26.2 Å². The zero-order chi connectivity index (χ0) is 13.1. The number of amides is 1. The van der Waals surface area contributed by atoms with Crippen molar-refractivity contribution >= 4 is 50.9 Å². The van der Waals surface area contributed by atoms with Gasteiger partial charge in [-0.15, -0.1) is 0 Å². The molecule has 1 aromatic carbocycles. The summed E-state index contributed by atoms with van der Waals surface area (Å²) in [4.78, 5) is 16.0. The Morgan fingerprint density at radius 3 is 2.56 bits per heavy atom. The molecule has 2 rings (SSSR count). The van der Waals surface area contributed by atoms with Crippen molar-refractivity contribution in [3.8, 4) is 0 Å². The fraction of sp³-hybridized carbons (Fsp3) is 0. The number of nitrogens with one attached hydrogen (secondary N) is 1. The highest BCUT2D eigenvalue weighted by atomic mass is 79.9. The lowest BCUT2D eigenvalue weighted by Gasteiger charge is -2.06. The molecule has 0 bridgehead atoms. The number of benzene rings is 1. The van der Waals surface area contributed by atoms with Gasteiger partial charge in [0.2, 0.25) is 0 Å². The summed E-state index contributed by atoms with van der Waals surface area (Å²) in [6.07, 6.45) is 1.52. The van der Waals surface area contributed by atoms with Crippen LogP contribution < -0.4 is 5.32 Å². The van der Waals surface area contributed by atoms with Crippen LogP contribution in [0.15, 0.2) is 41.0 Å². The van der Waals surface area contributed by atoms with Crippen molar-refractivity contribution in [1.29, 1.82) is 0 Å². The molecule has 0 atom stereocenters. The molecule has 18 heavy (non-hydrogen) atoms. The topological polar surface area (TPSA) is 42.0 Å². The van der Waals surface area contributed by atoms with E-state index in [9.17, 15) is 4.79 Å². The molecule has 92 valence electrons. The average molecular weight is 346 g/mol. The fourth-order valence-corrected chi connectivity index (χ4v) is 2.35. The van der Waals surface area contributed by atoms with E-state index in [4.69, 9.17) is 23.2 Å². The highest BCUT2D eigenvalue weighted by Crippen LogP contribution is 2.22. The molecule has 0 saturated carbocycles. The number of halogens is 3. The number of hydrogen-bond acceptors (Lipinski definition) is 2. The van der Waals surface area contributed by atoms with Crippen LogP contribution in [0.4, 0.5) is 5.82 Å². The zero-order valence-electron chi connectivity index (χ0n) is 8.95. The first-order chi connectivity index (χ1) is 8.56. The summed E-state index contributed by atoms with van der Waals surface area (Å²) in [5, 5.41) is 3.72. The molecule has 0 fully saturated rings. The number of carbonyl (C=O) groups excluding carboxylic acids is 1. The molecule has 0 aliphatic rings. The van der Waals surface area contributed by atoms with Gasteiger partial charge in [0.05, 0.1) is 5.56 Å². The van der Waals surface area contributed by atoms with Crippen molar-refractivity contribution in [3.05, 3.63) is 56.6 Å². The van der Waals surface area contributed by atoms with Gasteiger partial charge in [-0.1, -0.05) is 23.2 Å². The van der Waals surface area contributed by atoms with Gasteiger partial charge in [-0.25, -0.2) is 4.98 Å². The first-order valence-corrected chi connectivity index (χ1v) is 6.49. The molecule has 1 amide bonds. The van der Waals surface area contributed by atoms with Crippen molar-refractivity contribution in [2.45, 2.75) is 0 Å². The largest absolute Gasteiger partial charge is 0.306 e. The van der Waals surface area contributed by atoms with Gasteiger partial charge in [-0.3, -0.25) is 4.79 Å². The van der Waals surface area contributed by atoms with Gasteiger partial charge in [-0.05, 0) is 46.3 Å². The summed E-state index contributed by atoms with van der Waals surface area (Å²) >= 11 is 14.9. The molecule has 6 heteroatoms. The lowest BCUT2D eigenvalue weighted by molar-refractivity contribution is 0.102. The van der Waals surface area contributed by atoms with Crippen LogP contribution in [0.1, 0.15) is 10.4 Å². The third-order valence-corrected chi connectivity index (χ3v) is 3.27.